The molecule has 0 aliphatic rings. The van der Waals surface area contributed by atoms with Gasteiger partial charge in [0, 0.05) is 18.6 Å². The number of hydrogen-bond acceptors (Lipinski definition) is 5. The van der Waals surface area contributed by atoms with E-state index in [4.69, 9.17) is 11.6 Å². The van der Waals surface area contributed by atoms with Crippen LogP contribution in [-0.4, -0.2) is 36.0 Å². The summed E-state index contributed by atoms with van der Waals surface area (Å²) in [5, 5.41) is 19.0. The van der Waals surface area contributed by atoms with Crippen molar-refractivity contribution in [1.29, 1.82) is 0 Å². The summed E-state index contributed by atoms with van der Waals surface area (Å²) in [6.45, 7) is 0.420. The van der Waals surface area contributed by atoms with Gasteiger partial charge in [0.15, 0.2) is 11.0 Å². The van der Waals surface area contributed by atoms with Crippen LogP contribution in [0.1, 0.15) is 5.82 Å². The lowest BCUT2D eigenvalue weighted by molar-refractivity contribution is 0.276. The third-order valence-corrected chi connectivity index (χ3v) is 5.64. The van der Waals surface area contributed by atoms with Crippen LogP contribution in [0.25, 0.3) is 22.4 Å². The highest BCUT2D eigenvalue weighted by Crippen LogP contribution is 2.28. The summed E-state index contributed by atoms with van der Waals surface area (Å²) in [5.74, 6) is 1.45. The summed E-state index contributed by atoms with van der Waals surface area (Å²) in [6, 6.07) is 12.0. The molecule has 144 valence electrons. The number of rotatable bonds is 6. The molecule has 4 rings (SSSR count). The lowest BCUT2D eigenvalue weighted by atomic mass is 10.2. The minimum atomic E-state index is -0.337. The molecule has 6 nitrogen and oxygen atoms in total. The molecule has 2 aromatic heterocycles. The van der Waals surface area contributed by atoms with Crippen molar-refractivity contribution < 1.29 is 9.50 Å². The zero-order chi connectivity index (χ0) is 19.7. The van der Waals surface area contributed by atoms with Crippen LogP contribution in [0.15, 0.2) is 47.6 Å². The summed E-state index contributed by atoms with van der Waals surface area (Å²) >= 11 is 7.56. The largest absolute Gasteiger partial charge is 0.395 e. The standard InChI is InChI=1S/C19H17ClFN5OS/c1-25-18(13-4-2-3-5-14(13)21)23-24-19(25)28-11-17-22-15-7-6-12(20)10-16(15)26(17)8-9-27/h2-7,10,27H,8-9,11H2,1H3. The smallest absolute Gasteiger partial charge is 0.191 e. The zero-order valence-electron chi connectivity index (χ0n) is 15.0. The number of aromatic nitrogens is 5. The summed E-state index contributed by atoms with van der Waals surface area (Å²) in [4.78, 5) is 4.65. The predicted octanol–water partition coefficient (Wildman–Crippen LogP) is 3.91. The Labute approximate surface area is 170 Å². The second-order valence-electron chi connectivity index (χ2n) is 6.17. The second kappa shape index (κ2) is 7.90. The fraction of sp³-hybridized carbons (Fsp3) is 0.211. The van der Waals surface area contributed by atoms with Crippen molar-refractivity contribution in [1.82, 2.24) is 24.3 Å². The van der Waals surface area contributed by atoms with Crippen LogP contribution in [0.2, 0.25) is 5.02 Å². The van der Waals surface area contributed by atoms with Gasteiger partial charge in [-0.3, -0.25) is 0 Å². The number of benzene rings is 2. The molecule has 0 saturated carbocycles. The topological polar surface area (TPSA) is 68.8 Å². The predicted molar refractivity (Wildman–Crippen MR) is 108 cm³/mol. The molecule has 0 atom stereocenters. The maximum absolute atomic E-state index is 14.1. The van der Waals surface area contributed by atoms with Gasteiger partial charge in [-0.1, -0.05) is 35.5 Å². The highest BCUT2D eigenvalue weighted by Gasteiger charge is 2.16. The minimum absolute atomic E-state index is 0.00294. The van der Waals surface area contributed by atoms with Crippen LogP contribution in [0.5, 0.6) is 0 Å². The molecule has 2 aromatic carbocycles. The molecule has 0 unspecified atom stereocenters. The van der Waals surface area contributed by atoms with Gasteiger partial charge in [-0.05, 0) is 30.3 Å². The van der Waals surface area contributed by atoms with Crippen LogP contribution in [-0.2, 0) is 19.3 Å². The molecule has 0 radical (unpaired) electrons. The minimum Gasteiger partial charge on any atom is -0.395 e. The van der Waals surface area contributed by atoms with Crippen molar-refractivity contribution >= 4 is 34.4 Å². The average Bonchev–Trinajstić information content (AvgIpc) is 3.21. The van der Waals surface area contributed by atoms with E-state index in [1.54, 1.807) is 35.9 Å². The van der Waals surface area contributed by atoms with Crippen molar-refractivity contribution in [2.75, 3.05) is 6.61 Å². The van der Waals surface area contributed by atoms with Gasteiger partial charge in [-0.15, -0.1) is 10.2 Å². The molecule has 4 aromatic rings. The van der Waals surface area contributed by atoms with Crippen LogP contribution in [0.3, 0.4) is 0 Å². The van der Waals surface area contributed by atoms with Gasteiger partial charge in [-0.25, -0.2) is 9.37 Å². The maximum Gasteiger partial charge on any atom is 0.191 e. The number of fused-ring (bicyclic) bond motifs is 1. The van der Waals surface area contributed by atoms with E-state index in [-0.39, 0.29) is 12.4 Å². The van der Waals surface area contributed by atoms with Gasteiger partial charge in [0.25, 0.3) is 0 Å². The Morgan fingerprint density at radius 1 is 1.18 bits per heavy atom. The second-order valence-corrected chi connectivity index (χ2v) is 7.55. The van der Waals surface area contributed by atoms with Gasteiger partial charge in [0.2, 0.25) is 0 Å². The molecule has 0 saturated heterocycles. The Balaban J connectivity index is 1.62. The van der Waals surface area contributed by atoms with Crippen LogP contribution in [0, 0.1) is 5.82 Å². The van der Waals surface area contributed by atoms with E-state index in [0.29, 0.717) is 33.9 Å². The molecular weight excluding hydrogens is 401 g/mol. The summed E-state index contributed by atoms with van der Waals surface area (Å²) in [7, 11) is 1.81. The molecular formula is C19H17ClFN5OS. The van der Waals surface area contributed by atoms with Gasteiger partial charge >= 0.3 is 0 Å². The Hall–Kier alpha value is -2.42. The van der Waals surface area contributed by atoms with E-state index in [2.05, 4.69) is 15.2 Å². The van der Waals surface area contributed by atoms with E-state index in [9.17, 15) is 9.50 Å². The number of aliphatic hydroxyl groups is 1. The molecule has 0 aliphatic heterocycles. The van der Waals surface area contributed by atoms with E-state index in [1.165, 1.54) is 17.8 Å². The fourth-order valence-corrected chi connectivity index (χ4v) is 4.08. The Morgan fingerprint density at radius 3 is 2.79 bits per heavy atom. The summed E-state index contributed by atoms with van der Waals surface area (Å²) in [5.41, 5.74) is 2.10. The van der Waals surface area contributed by atoms with Crippen molar-refractivity contribution in [3.63, 3.8) is 0 Å². The zero-order valence-corrected chi connectivity index (χ0v) is 16.6. The number of thioether (sulfide) groups is 1. The first-order valence-corrected chi connectivity index (χ1v) is 9.97. The fourth-order valence-electron chi connectivity index (χ4n) is 3.05. The van der Waals surface area contributed by atoms with Crippen LogP contribution >= 0.6 is 23.4 Å². The summed E-state index contributed by atoms with van der Waals surface area (Å²) < 4.78 is 17.8. The lowest BCUT2D eigenvalue weighted by Gasteiger charge is -2.08. The average molecular weight is 418 g/mol. The number of hydrogen-bond donors (Lipinski definition) is 1. The maximum atomic E-state index is 14.1. The first kappa shape index (κ1) is 18.9. The van der Waals surface area contributed by atoms with Crippen molar-refractivity contribution in [2.24, 2.45) is 7.05 Å². The third-order valence-electron chi connectivity index (χ3n) is 4.39. The molecule has 1 N–H and O–H groups in total. The molecule has 0 spiro atoms. The van der Waals surface area contributed by atoms with E-state index >= 15 is 0 Å². The van der Waals surface area contributed by atoms with Crippen LogP contribution < -0.4 is 0 Å². The molecule has 0 fully saturated rings. The normalized spacial score (nSPS) is 11.4. The van der Waals surface area contributed by atoms with E-state index in [0.717, 1.165) is 16.9 Å². The molecule has 9 heteroatoms. The van der Waals surface area contributed by atoms with Gasteiger partial charge < -0.3 is 14.2 Å². The summed E-state index contributed by atoms with van der Waals surface area (Å²) in [6.07, 6.45) is 0. The van der Waals surface area contributed by atoms with Gasteiger partial charge in [0.1, 0.15) is 11.6 Å². The molecule has 0 aliphatic carbocycles. The number of nitrogens with zero attached hydrogens (tertiary/aromatic N) is 5. The highest BCUT2D eigenvalue weighted by atomic mass is 35.5. The van der Waals surface area contributed by atoms with Crippen molar-refractivity contribution in [2.45, 2.75) is 17.5 Å². The molecule has 0 amide bonds. The van der Waals surface area contributed by atoms with Crippen molar-refractivity contribution in [3.05, 3.63) is 59.1 Å². The number of aliphatic hydroxyl groups excluding tert-OH is 1. The van der Waals surface area contributed by atoms with Crippen molar-refractivity contribution in [3.8, 4) is 11.4 Å². The Morgan fingerprint density at radius 2 is 2.00 bits per heavy atom. The van der Waals surface area contributed by atoms with E-state index in [1.807, 2.05) is 16.7 Å². The quantitative estimate of drug-likeness (QED) is 0.482. The van der Waals surface area contributed by atoms with E-state index < -0.39 is 0 Å². The SMILES string of the molecule is Cn1c(SCc2nc3ccc(Cl)cc3n2CCO)nnc1-c1ccccc1F. The monoisotopic (exact) mass is 417 g/mol. The first-order valence-electron chi connectivity index (χ1n) is 8.61. The highest BCUT2D eigenvalue weighted by molar-refractivity contribution is 7.98. The third kappa shape index (κ3) is 3.50. The Bertz CT molecular complexity index is 1140. The molecule has 28 heavy (non-hydrogen) atoms. The number of imidazole rings is 1. The van der Waals surface area contributed by atoms with Crippen LogP contribution in [0.4, 0.5) is 4.39 Å². The number of halogens is 2. The lowest BCUT2D eigenvalue weighted by Crippen LogP contribution is -2.06. The molecule has 0 bridgehead atoms. The van der Waals surface area contributed by atoms with Gasteiger partial charge in [0.05, 0.1) is 29.0 Å². The van der Waals surface area contributed by atoms with Gasteiger partial charge in [-0.2, -0.15) is 0 Å². The first-order chi connectivity index (χ1) is 13.6. The Kier molecular flexibility index (Phi) is 5.34. The molecule has 2 heterocycles.